The summed E-state index contributed by atoms with van der Waals surface area (Å²) in [4.78, 5) is 11.4. The van der Waals surface area contributed by atoms with Gasteiger partial charge in [-0.1, -0.05) is 0 Å². The van der Waals surface area contributed by atoms with Crippen molar-refractivity contribution in [2.75, 3.05) is 27.4 Å². The van der Waals surface area contributed by atoms with E-state index < -0.39 is 0 Å². The minimum atomic E-state index is -0.355. The van der Waals surface area contributed by atoms with Gasteiger partial charge in [0.15, 0.2) is 0 Å². The molecule has 0 amide bonds. The number of nitrogens with one attached hydrogen (secondary N) is 1. The summed E-state index contributed by atoms with van der Waals surface area (Å²) in [6, 6.07) is 1.74. The van der Waals surface area contributed by atoms with Gasteiger partial charge in [0, 0.05) is 13.7 Å². The molecule has 0 saturated carbocycles. The molecule has 0 radical (unpaired) electrons. The molecule has 1 rings (SSSR count). The van der Waals surface area contributed by atoms with E-state index in [0.717, 1.165) is 38.2 Å². The fourth-order valence-corrected chi connectivity index (χ4v) is 1.83. The standard InChI is InChI=1S/C14H23NO4/c1-11-13(14(16)18-3)9-12(19-11)10-15-7-5-4-6-8-17-2/h9,15H,4-8,10H2,1-3H3. The smallest absolute Gasteiger partial charge is 0.341 e. The van der Waals surface area contributed by atoms with Crippen molar-refractivity contribution in [3.63, 3.8) is 0 Å². The predicted octanol–water partition coefficient (Wildman–Crippen LogP) is 2.28. The summed E-state index contributed by atoms with van der Waals surface area (Å²) in [6.07, 6.45) is 3.34. The monoisotopic (exact) mass is 269 g/mol. The molecule has 0 aliphatic carbocycles. The van der Waals surface area contributed by atoms with E-state index in [2.05, 4.69) is 10.1 Å². The Morgan fingerprint density at radius 1 is 1.32 bits per heavy atom. The first-order valence-corrected chi connectivity index (χ1v) is 6.56. The van der Waals surface area contributed by atoms with Crippen molar-refractivity contribution in [1.29, 1.82) is 0 Å². The van der Waals surface area contributed by atoms with Gasteiger partial charge in [0.25, 0.3) is 0 Å². The summed E-state index contributed by atoms with van der Waals surface area (Å²) < 4.78 is 15.2. The van der Waals surface area contributed by atoms with Gasteiger partial charge in [0.2, 0.25) is 0 Å². The number of hydrogen-bond acceptors (Lipinski definition) is 5. The highest BCUT2D eigenvalue weighted by molar-refractivity contribution is 5.90. The number of ether oxygens (including phenoxy) is 2. The van der Waals surface area contributed by atoms with E-state index in [4.69, 9.17) is 9.15 Å². The van der Waals surface area contributed by atoms with Crippen molar-refractivity contribution in [1.82, 2.24) is 5.32 Å². The zero-order valence-corrected chi connectivity index (χ0v) is 12.0. The fourth-order valence-electron chi connectivity index (χ4n) is 1.83. The molecule has 0 unspecified atom stereocenters. The lowest BCUT2D eigenvalue weighted by Gasteiger charge is -2.02. The van der Waals surface area contributed by atoms with Crippen molar-refractivity contribution in [2.24, 2.45) is 0 Å². The van der Waals surface area contributed by atoms with Gasteiger partial charge in [0.05, 0.1) is 13.7 Å². The Balaban J connectivity index is 2.25. The minimum Gasteiger partial charge on any atom is -0.465 e. The predicted molar refractivity (Wildman–Crippen MR) is 72.2 cm³/mol. The van der Waals surface area contributed by atoms with Gasteiger partial charge in [-0.3, -0.25) is 0 Å². The number of rotatable bonds is 9. The molecule has 0 bridgehead atoms. The van der Waals surface area contributed by atoms with Crippen LogP contribution in [0.4, 0.5) is 0 Å². The highest BCUT2D eigenvalue weighted by atomic mass is 16.5. The summed E-state index contributed by atoms with van der Waals surface area (Å²) in [5, 5.41) is 3.29. The normalized spacial score (nSPS) is 10.7. The van der Waals surface area contributed by atoms with E-state index >= 15 is 0 Å². The summed E-state index contributed by atoms with van der Waals surface area (Å²) in [5.74, 6) is 1.01. The molecule has 1 N–H and O–H groups in total. The van der Waals surface area contributed by atoms with Crippen LogP contribution < -0.4 is 5.32 Å². The van der Waals surface area contributed by atoms with E-state index in [1.54, 1.807) is 20.1 Å². The lowest BCUT2D eigenvalue weighted by Crippen LogP contribution is -2.14. The van der Waals surface area contributed by atoms with Crippen molar-refractivity contribution in [3.8, 4) is 0 Å². The molecule has 0 fully saturated rings. The topological polar surface area (TPSA) is 60.7 Å². The van der Waals surface area contributed by atoms with Gasteiger partial charge in [-0.15, -0.1) is 0 Å². The van der Waals surface area contributed by atoms with E-state index in [1.165, 1.54) is 7.11 Å². The largest absolute Gasteiger partial charge is 0.465 e. The summed E-state index contributed by atoms with van der Waals surface area (Å²) in [5.41, 5.74) is 0.499. The molecule has 5 nitrogen and oxygen atoms in total. The maximum absolute atomic E-state index is 11.4. The Morgan fingerprint density at radius 3 is 2.79 bits per heavy atom. The molecule has 5 heteroatoms. The second kappa shape index (κ2) is 8.72. The van der Waals surface area contributed by atoms with Crippen LogP contribution in [0.3, 0.4) is 0 Å². The van der Waals surface area contributed by atoms with Gasteiger partial charge in [-0.25, -0.2) is 4.79 Å². The number of carbonyl (C=O) groups is 1. The van der Waals surface area contributed by atoms with Crippen LogP contribution in [-0.4, -0.2) is 33.3 Å². The lowest BCUT2D eigenvalue weighted by atomic mass is 10.2. The summed E-state index contributed by atoms with van der Waals surface area (Å²) >= 11 is 0. The number of esters is 1. The molecule has 0 saturated heterocycles. The molecule has 1 aromatic rings. The third-order valence-electron chi connectivity index (χ3n) is 2.88. The lowest BCUT2D eigenvalue weighted by molar-refractivity contribution is 0.0599. The molecule has 0 aliphatic rings. The second-order valence-corrected chi connectivity index (χ2v) is 4.40. The SMILES string of the molecule is COCCCCCNCc1cc(C(=O)OC)c(C)o1. The van der Waals surface area contributed by atoms with E-state index in [-0.39, 0.29) is 5.97 Å². The van der Waals surface area contributed by atoms with E-state index in [0.29, 0.717) is 17.9 Å². The number of furan rings is 1. The highest BCUT2D eigenvalue weighted by Gasteiger charge is 2.14. The number of carbonyl (C=O) groups excluding carboxylic acids is 1. The minimum absolute atomic E-state index is 0.355. The maximum Gasteiger partial charge on any atom is 0.341 e. The van der Waals surface area contributed by atoms with Crippen LogP contribution in [0.15, 0.2) is 10.5 Å². The fraction of sp³-hybridized carbons (Fsp3) is 0.643. The van der Waals surface area contributed by atoms with Crippen LogP contribution in [0, 0.1) is 6.92 Å². The molecule has 0 spiro atoms. The molecule has 1 heterocycles. The second-order valence-electron chi connectivity index (χ2n) is 4.40. The Morgan fingerprint density at radius 2 is 2.11 bits per heavy atom. The van der Waals surface area contributed by atoms with Crippen molar-refractivity contribution < 1.29 is 18.7 Å². The molecule has 19 heavy (non-hydrogen) atoms. The van der Waals surface area contributed by atoms with Crippen molar-refractivity contribution >= 4 is 5.97 Å². The number of aryl methyl sites for hydroxylation is 1. The Hall–Kier alpha value is -1.33. The first-order valence-electron chi connectivity index (χ1n) is 6.56. The first-order chi connectivity index (χ1) is 9.19. The zero-order valence-electron chi connectivity index (χ0n) is 12.0. The van der Waals surface area contributed by atoms with Crippen molar-refractivity contribution in [3.05, 3.63) is 23.2 Å². The molecular formula is C14H23NO4. The third kappa shape index (κ3) is 5.44. The maximum atomic E-state index is 11.4. The number of methoxy groups -OCH3 is 2. The Bertz CT molecular complexity index is 387. The average molecular weight is 269 g/mol. The number of hydrogen-bond donors (Lipinski definition) is 1. The zero-order chi connectivity index (χ0) is 14.1. The molecule has 0 aromatic carbocycles. The first kappa shape index (κ1) is 15.7. The van der Waals surface area contributed by atoms with Crippen LogP contribution in [0.5, 0.6) is 0 Å². The van der Waals surface area contributed by atoms with Crippen LogP contribution in [0.25, 0.3) is 0 Å². The van der Waals surface area contributed by atoms with Crippen LogP contribution >= 0.6 is 0 Å². The van der Waals surface area contributed by atoms with Gasteiger partial charge < -0.3 is 19.2 Å². The van der Waals surface area contributed by atoms with Gasteiger partial charge in [-0.2, -0.15) is 0 Å². The Labute approximate surface area is 114 Å². The molecule has 0 aliphatic heterocycles. The quantitative estimate of drug-likeness (QED) is 0.550. The van der Waals surface area contributed by atoms with Crippen LogP contribution in [0.2, 0.25) is 0 Å². The Kier molecular flexibility index (Phi) is 7.22. The van der Waals surface area contributed by atoms with Crippen molar-refractivity contribution in [2.45, 2.75) is 32.7 Å². The van der Waals surface area contributed by atoms with Crippen LogP contribution in [-0.2, 0) is 16.0 Å². The molecule has 0 atom stereocenters. The van der Waals surface area contributed by atoms with Gasteiger partial charge in [-0.05, 0) is 38.8 Å². The summed E-state index contributed by atoms with van der Waals surface area (Å²) in [6.45, 7) is 4.14. The van der Waals surface area contributed by atoms with E-state index in [9.17, 15) is 4.79 Å². The highest BCUT2D eigenvalue weighted by Crippen LogP contribution is 2.15. The van der Waals surface area contributed by atoms with E-state index in [1.807, 2.05) is 0 Å². The molecular weight excluding hydrogens is 246 g/mol. The molecule has 108 valence electrons. The van der Waals surface area contributed by atoms with Gasteiger partial charge >= 0.3 is 5.97 Å². The summed E-state index contributed by atoms with van der Waals surface area (Å²) in [7, 11) is 3.09. The molecule has 1 aromatic heterocycles. The number of unbranched alkanes of at least 4 members (excludes halogenated alkanes) is 2. The third-order valence-corrected chi connectivity index (χ3v) is 2.88. The average Bonchev–Trinajstić information content (AvgIpc) is 2.78. The van der Waals surface area contributed by atoms with Gasteiger partial charge in [0.1, 0.15) is 17.1 Å². The van der Waals surface area contributed by atoms with Crippen LogP contribution in [0.1, 0.15) is 41.1 Å².